The van der Waals surface area contributed by atoms with Crippen LogP contribution in [0.2, 0.25) is 0 Å². The van der Waals surface area contributed by atoms with Gasteiger partial charge in [-0.15, -0.1) is 0 Å². The molecule has 110 valence electrons. The lowest BCUT2D eigenvalue weighted by molar-refractivity contribution is -0.00255. The summed E-state index contributed by atoms with van der Waals surface area (Å²) in [6.07, 6.45) is -0.210. The molecule has 0 N–H and O–H groups in total. The van der Waals surface area contributed by atoms with Gasteiger partial charge >= 0.3 is 0 Å². The first kappa shape index (κ1) is 14.3. The van der Waals surface area contributed by atoms with E-state index in [9.17, 15) is 8.42 Å². The molecule has 0 aromatic heterocycles. The van der Waals surface area contributed by atoms with Gasteiger partial charge in [0.2, 0.25) is 10.0 Å². The van der Waals surface area contributed by atoms with Gasteiger partial charge in [-0.25, -0.2) is 8.42 Å². The van der Waals surface area contributed by atoms with Crippen LogP contribution in [-0.4, -0.2) is 32.4 Å². The van der Waals surface area contributed by atoms with E-state index in [1.807, 2.05) is 36.4 Å². The highest BCUT2D eigenvalue weighted by Crippen LogP contribution is 2.26. The Bertz CT molecular complexity index is 686. The summed E-state index contributed by atoms with van der Waals surface area (Å²) in [5.74, 6) is 0. The van der Waals surface area contributed by atoms with Crippen LogP contribution < -0.4 is 0 Å². The van der Waals surface area contributed by atoms with Gasteiger partial charge in [0.05, 0.1) is 17.6 Å². The normalized spacial score (nSPS) is 20.3. The minimum Gasteiger partial charge on any atom is -0.371 e. The molecule has 1 aliphatic rings. The molecule has 4 nitrogen and oxygen atoms in total. The van der Waals surface area contributed by atoms with E-state index in [4.69, 9.17) is 4.74 Å². The molecule has 0 spiro atoms. The van der Waals surface area contributed by atoms with Crippen LogP contribution in [0.5, 0.6) is 0 Å². The molecule has 1 fully saturated rings. The first-order chi connectivity index (χ1) is 10.2. The molecule has 2 aromatic rings. The lowest BCUT2D eigenvalue weighted by Crippen LogP contribution is -2.42. The van der Waals surface area contributed by atoms with E-state index in [-0.39, 0.29) is 6.10 Å². The number of nitrogens with zero attached hydrogens (tertiary/aromatic N) is 1. The molecule has 0 saturated carbocycles. The summed E-state index contributed by atoms with van der Waals surface area (Å²) >= 11 is 0. The fraction of sp³-hybridized carbons (Fsp3) is 0.250. The molecule has 0 amide bonds. The van der Waals surface area contributed by atoms with Gasteiger partial charge in [-0.1, -0.05) is 48.5 Å². The molecular weight excluding hydrogens is 286 g/mol. The molecule has 1 aliphatic heterocycles. The van der Waals surface area contributed by atoms with Crippen LogP contribution in [0.15, 0.2) is 65.6 Å². The van der Waals surface area contributed by atoms with Crippen LogP contribution >= 0.6 is 0 Å². The number of benzene rings is 2. The second-order valence-corrected chi connectivity index (χ2v) is 6.88. The third-order valence-electron chi connectivity index (χ3n) is 3.58. The van der Waals surface area contributed by atoms with Gasteiger partial charge in [-0.05, 0) is 17.7 Å². The van der Waals surface area contributed by atoms with Crippen LogP contribution in [0.3, 0.4) is 0 Å². The van der Waals surface area contributed by atoms with Crippen molar-refractivity contribution in [2.75, 3.05) is 19.7 Å². The van der Waals surface area contributed by atoms with Gasteiger partial charge in [0.1, 0.15) is 0 Å². The molecule has 1 heterocycles. The number of hydrogen-bond donors (Lipinski definition) is 0. The predicted molar refractivity (Wildman–Crippen MR) is 80.3 cm³/mol. The zero-order valence-electron chi connectivity index (χ0n) is 11.6. The molecule has 0 unspecified atom stereocenters. The summed E-state index contributed by atoms with van der Waals surface area (Å²) in [6.45, 7) is 1.15. The van der Waals surface area contributed by atoms with Crippen molar-refractivity contribution in [3.8, 4) is 0 Å². The van der Waals surface area contributed by atoms with Crippen molar-refractivity contribution in [3.05, 3.63) is 66.2 Å². The number of hydrogen-bond acceptors (Lipinski definition) is 3. The Labute approximate surface area is 125 Å². The first-order valence-corrected chi connectivity index (χ1v) is 8.34. The average molecular weight is 303 g/mol. The molecule has 0 aliphatic carbocycles. The molecule has 5 heteroatoms. The topological polar surface area (TPSA) is 46.6 Å². The molecule has 3 rings (SSSR count). The van der Waals surface area contributed by atoms with Crippen molar-refractivity contribution in [3.63, 3.8) is 0 Å². The smallest absolute Gasteiger partial charge is 0.243 e. The summed E-state index contributed by atoms with van der Waals surface area (Å²) in [6, 6.07) is 18.3. The fourth-order valence-electron chi connectivity index (χ4n) is 2.45. The minimum atomic E-state index is -3.45. The Kier molecular flexibility index (Phi) is 4.05. The Morgan fingerprint density at radius 3 is 2.24 bits per heavy atom. The van der Waals surface area contributed by atoms with Gasteiger partial charge in [-0.2, -0.15) is 4.31 Å². The maximum Gasteiger partial charge on any atom is 0.243 e. The van der Waals surface area contributed by atoms with Crippen LogP contribution in [0.1, 0.15) is 11.7 Å². The van der Waals surface area contributed by atoms with Gasteiger partial charge in [0.25, 0.3) is 0 Å². The Morgan fingerprint density at radius 2 is 1.57 bits per heavy atom. The maximum atomic E-state index is 12.6. The number of ether oxygens (including phenoxy) is 1. The number of sulfonamides is 1. The van der Waals surface area contributed by atoms with Crippen molar-refractivity contribution in [1.29, 1.82) is 0 Å². The van der Waals surface area contributed by atoms with E-state index in [1.54, 1.807) is 24.3 Å². The Morgan fingerprint density at radius 1 is 0.952 bits per heavy atom. The molecule has 21 heavy (non-hydrogen) atoms. The third kappa shape index (κ3) is 3.00. The van der Waals surface area contributed by atoms with Crippen LogP contribution in [0.25, 0.3) is 0 Å². The average Bonchev–Trinajstić information content (AvgIpc) is 2.57. The van der Waals surface area contributed by atoms with Crippen molar-refractivity contribution in [1.82, 2.24) is 4.31 Å². The van der Waals surface area contributed by atoms with Crippen molar-refractivity contribution in [2.24, 2.45) is 0 Å². The lowest BCUT2D eigenvalue weighted by atomic mass is 10.1. The Hall–Kier alpha value is -1.69. The molecule has 0 radical (unpaired) electrons. The molecule has 1 saturated heterocycles. The second kappa shape index (κ2) is 5.97. The highest BCUT2D eigenvalue weighted by atomic mass is 32.2. The maximum absolute atomic E-state index is 12.6. The van der Waals surface area contributed by atoms with Crippen molar-refractivity contribution >= 4 is 10.0 Å². The van der Waals surface area contributed by atoms with E-state index in [0.29, 0.717) is 24.6 Å². The van der Waals surface area contributed by atoms with E-state index < -0.39 is 10.0 Å². The highest BCUT2D eigenvalue weighted by molar-refractivity contribution is 7.89. The SMILES string of the molecule is O=S(=O)(c1ccccc1)N1CCO[C@@H](c2ccccc2)C1. The summed E-state index contributed by atoms with van der Waals surface area (Å²) in [7, 11) is -3.45. The van der Waals surface area contributed by atoms with E-state index in [2.05, 4.69) is 0 Å². The number of morpholine rings is 1. The summed E-state index contributed by atoms with van der Waals surface area (Å²) in [4.78, 5) is 0.332. The molecular formula is C16H17NO3S. The van der Waals surface area contributed by atoms with Crippen LogP contribution in [0.4, 0.5) is 0 Å². The first-order valence-electron chi connectivity index (χ1n) is 6.90. The van der Waals surface area contributed by atoms with E-state index >= 15 is 0 Å². The zero-order chi connectivity index (χ0) is 14.7. The number of rotatable bonds is 3. The predicted octanol–water partition coefficient (Wildman–Crippen LogP) is 2.45. The van der Waals surface area contributed by atoms with Gasteiger partial charge in [-0.3, -0.25) is 0 Å². The molecule has 0 bridgehead atoms. The molecule has 2 aromatic carbocycles. The highest BCUT2D eigenvalue weighted by Gasteiger charge is 2.31. The van der Waals surface area contributed by atoms with Crippen molar-refractivity contribution < 1.29 is 13.2 Å². The standard InChI is InChI=1S/C16H17NO3S/c18-21(19,15-9-5-2-6-10-15)17-11-12-20-16(13-17)14-7-3-1-4-8-14/h1-10,16H,11-13H2/t16-/m1/s1. The van der Waals surface area contributed by atoms with Gasteiger partial charge < -0.3 is 4.74 Å². The summed E-state index contributed by atoms with van der Waals surface area (Å²) < 4.78 is 32.5. The van der Waals surface area contributed by atoms with Gasteiger partial charge in [0.15, 0.2) is 0 Å². The summed E-state index contributed by atoms with van der Waals surface area (Å²) in [5, 5.41) is 0. The van der Waals surface area contributed by atoms with Gasteiger partial charge in [0, 0.05) is 13.1 Å². The minimum absolute atomic E-state index is 0.210. The fourth-order valence-corrected chi connectivity index (χ4v) is 3.90. The second-order valence-electron chi connectivity index (χ2n) is 4.95. The quantitative estimate of drug-likeness (QED) is 0.875. The zero-order valence-corrected chi connectivity index (χ0v) is 12.4. The van der Waals surface area contributed by atoms with Crippen LogP contribution in [0, 0.1) is 0 Å². The summed E-state index contributed by atoms with van der Waals surface area (Å²) in [5.41, 5.74) is 1.01. The lowest BCUT2D eigenvalue weighted by Gasteiger charge is -2.32. The van der Waals surface area contributed by atoms with Crippen LogP contribution in [-0.2, 0) is 14.8 Å². The van der Waals surface area contributed by atoms with E-state index in [0.717, 1.165) is 5.56 Å². The largest absolute Gasteiger partial charge is 0.371 e. The Balaban J connectivity index is 1.84. The monoisotopic (exact) mass is 303 g/mol. The van der Waals surface area contributed by atoms with E-state index in [1.165, 1.54) is 4.31 Å². The third-order valence-corrected chi connectivity index (χ3v) is 5.46. The molecule has 1 atom stereocenters. The van der Waals surface area contributed by atoms with Crippen molar-refractivity contribution in [2.45, 2.75) is 11.0 Å².